The van der Waals surface area contributed by atoms with Gasteiger partial charge in [0.2, 0.25) is 23.6 Å². The van der Waals surface area contributed by atoms with Crippen molar-refractivity contribution in [1.82, 2.24) is 0 Å². The molecule has 6 aromatic rings. The van der Waals surface area contributed by atoms with Gasteiger partial charge in [0.25, 0.3) is 0 Å². The zero-order chi connectivity index (χ0) is 56.5. The zero-order valence-corrected chi connectivity index (χ0v) is 42.0. The van der Waals surface area contributed by atoms with E-state index in [1.165, 1.54) is 28.4 Å². The number of carboxylic acid groups (broad SMARTS) is 4. The molecular formula is C58H50N4O16. The van der Waals surface area contributed by atoms with Gasteiger partial charge in [-0.3, -0.25) is 19.2 Å². The highest BCUT2D eigenvalue weighted by molar-refractivity contribution is 6.05. The fourth-order valence-electron chi connectivity index (χ4n) is 8.14. The first-order chi connectivity index (χ1) is 37.4. The normalized spacial score (nSPS) is 11.2. The lowest BCUT2D eigenvalue weighted by atomic mass is 9.83. The van der Waals surface area contributed by atoms with Gasteiger partial charge in [-0.05, 0) is 93.0 Å². The van der Waals surface area contributed by atoms with Crippen molar-refractivity contribution in [2.75, 3.05) is 49.7 Å². The van der Waals surface area contributed by atoms with Crippen molar-refractivity contribution in [3.8, 4) is 34.1 Å². The molecule has 0 aliphatic heterocycles. The lowest BCUT2D eigenvalue weighted by Crippen LogP contribution is -2.12. The largest absolute Gasteiger partial charge is 0.495 e. The van der Waals surface area contributed by atoms with Crippen LogP contribution in [0.2, 0.25) is 0 Å². The van der Waals surface area contributed by atoms with E-state index in [4.69, 9.17) is 39.4 Å². The van der Waals surface area contributed by atoms with Crippen LogP contribution in [0.1, 0.15) is 45.2 Å². The van der Waals surface area contributed by atoms with Gasteiger partial charge in [0.05, 0.1) is 51.2 Å². The third kappa shape index (κ3) is 15.2. The highest BCUT2D eigenvalue weighted by Gasteiger charge is 2.24. The minimum atomic E-state index is -1.30. The van der Waals surface area contributed by atoms with Gasteiger partial charge in [-0.15, -0.1) is 0 Å². The maximum atomic E-state index is 12.6. The summed E-state index contributed by atoms with van der Waals surface area (Å²) in [5.74, 6) is -7.98. The van der Waals surface area contributed by atoms with Crippen LogP contribution in [-0.2, 0) is 38.4 Å². The maximum absolute atomic E-state index is 12.6. The Morgan fingerprint density at radius 3 is 0.718 bits per heavy atom. The summed E-state index contributed by atoms with van der Waals surface area (Å²) in [6, 6.07) is 35.9. The monoisotopic (exact) mass is 1060 g/mol. The molecule has 6 aromatic carbocycles. The summed E-state index contributed by atoms with van der Waals surface area (Å²) in [6.45, 7) is 0. The SMILES string of the molecule is COc1cc(C(c2ccc(-c3ccc(C(c4ccc(NC(=O)/C=C/C(=O)O)c(OC)c4)c4ccc(NC(=O)/C=C/C(=O)O)c(OC)c4)cc3)cc2)c2ccc(NC(=O)/C=C/C(=O)O)c(OC)c2)ccc1NC(=O)/C=C/C(=O)O. The summed E-state index contributed by atoms with van der Waals surface area (Å²) in [4.78, 5) is 94.4. The van der Waals surface area contributed by atoms with Crippen LogP contribution < -0.4 is 40.2 Å². The van der Waals surface area contributed by atoms with Crippen molar-refractivity contribution in [2.45, 2.75) is 11.8 Å². The van der Waals surface area contributed by atoms with Crippen molar-refractivity contribution < 1.29 is 77.7 Å². The van der Waals surface area contributed by atoms with Crippen molar-refractivity contribution in [3.63, 3.8) is 0 Å². The number of hydrogen-bond donors (Lipinski definition) is 8. The Kier molecular flexibility index (Phi) is 19.2. The van der Waals surface area contributed by atoms with E-state index in [0.717, 1.165) is 46.6 Å². The second-order valence-electron chi connectivity index (χ2n) is 16.6. The number of amides is 4. The molecule has 20 nitrogen and oxygen atoms in total. The first-order valence-electron chi connectivity index (χ1n) is 23.2. The van der Waals surface area contributed by atoms with E-state index in [0.29, 0.717) is 46.6 Å². The number of anilines is 4. The van der Waals surface area contributed by atoms with Crippen LogP contribution in [0.4, 0.5) is 22.7 Å². The Balaban J connectivity index is 1.40. The van der Waals surface area contributed by atoms with E-state index in [1.54, 1.807) is 72.8 Å². The molecule has 0 radical (unpaired) electrons. The molecular weight excluding hydrogens is 1010 g/mol. The summed E-state index contributed by atoms with van der Waals surface area (Å²) in [6.07, 6.45) is 6.32. The van der Waals surface area contributed by atoms with Crippen LogP contribution >= 0.6 is 0 Å². The van der Waals surface area contributed by atoms with E-state index < -0.39 is 59.3 Å². The Hall–Kier alpha value is -10.8. The molecule has 0 aliphatic carbocycles. The quantitative estimate of drug-likeness (QED) is 0.0222. The number of carboxylic acids is 4. The van der Waals surface area contributed by atoms with Crippen LogP contribution in [0.5, 0.6) is 23.0 Å². The first kappa shape index (κ1) is 56.5. The molecule has 4 amide bonds. The molecule has 0 unspecified atom stereocenters. The van der Waals surface area contributed by atoms with Gasteiger partial charge in [0.15, 0.2) is 0 Å². The number of hydrogen-bond acceptors (Lipinski definition) is 12. The second-order valence-corrected chi connectivity index (χ2v) is 16.6. The molecule has 0 saturated heterocycles. The minimum Gasteiger partial charge on any atom is -0.495 e. The number of rotatable bonds is 23. The third-order valence-corrected chi connectivity index (χ3v) is 11.6. The van der Waals surface area contributed by atoms with E-state index >= 15 is 0 Å². The summed E-state index contributed by atoms with van der Waals surface area (Å²) in [5.41, 5.74) is 7.10. The maximum Gasteiger partial charge on any atom is 0.328 e. The topological polar surface area (TPSA) is 303 Å². The summed E-state index contributed by atoms with van der Waals surface area (Å²) in [5, 5.41) is 46.5. The average Bonchev–Trinajstić information content (AvgIpc) is 3.55. The highest BCUT2D eigenvalue weighted by atomic mass is 16.5. The average molecular weight is 1060 g/mol. The molecule has 0 atom stereocenters. The Labute approximate surface area is 445 Å². The lowest BCUT2D eigenvalue weighted by molar-refractivity contribution is -0.132. The molecule has 8 N–H and O–H groups in total. The number of carbonyl (C=O) groups excluding carboxylic acids is 4. The summed E-state index contributed by atoms with van der Waals surface area (Å²) in [7, 11) is 5.67. The fourth-order valence-corrected chi connectivity index (χ4v) is 8.14. The molecule has 0 heterocycles. The number of carbonyl (C=O) groups is 8. The van der Waals surface area contributed by atoms with E-state index in [2.05, 4.69) is 21.3 Å². The van der Waals surface area contributed by atoms with Gasteiger partial charge in [-0.25, -0.2) is 19.2 Å². The van der Waals surface area contributed by atoms with Crippen LogP contribution in [0, 0.1) is 0 Å². The van der Waals surface area contributed by atoms with Crippen molar-refractivity contribution in [3.05, 3.63) is 203 Å². The molecule has 0 aromatic heterocycles. The van der Waals surface area contributed by atoms with Crippen LogP contribution in [0.25, 0.3) is 11.1 Å². The molecule has 20 heteroatoms. The van der Waals surface area contributed by atoms with Gasteiger partial charge in [-0.2, -0.15) is 0 Å². The minimum absolute atomic E-state index is 0.267. The molecule has 0 saturated carbocycles. The number of nitrogens with one attached hydrogen (secondary N) is 4. The fraction of sp³-hybridized carbons (Fsp3) is 0.103. The Bertz CT molecular complexity index is 3000. The molecule has 0 aliphatic rings. The molecule has 6 rings (SSSR count). The smallest absolute Gasteiger partial charge is 0.328 e. The van der Waals surface area contributed by atoms with Gasteiger partial charge >= 0.3 is 23.9 Å². The van der Waals surface area contributed by atoms with Gasteiger partial charge in [0.1, 0.15) is 23.0 Å². The third-order valence-electron chi connectivity index (χ3n) is 11.6. The Morgan fingerprint density at radius 1 is 0.321 bits per heavy atom. The van der Waals surface area contributed by atoms with Gasteiger partial charge in [-0.1, -0.05) is 72.8 Å². The number of aliphatic carboxylic acids is 4. The number of ether oxygens (including phenoxy) is 4. The molecule has 78 heavy (non-hydrogen) atoms. The molecule has 398 valence electrons. The number of methoxy groups -OCH3 is 4. The Morgan fingerprint density at radius 2 is 0.526 bits per heavy atom. The predicted octanol–water partition coefficient (Wildman–Crippen LogP) is 8.07. The van der Waals surface area contributed by atoms with Gasteiger partial charge in [0, 0.05) is 60.4 Å². The van der Waals surface area contributed by atoms with E-state index in [-0.39, 0.29) is 45.7 Å². The van der Waals surface area contributed by atoms with Crippen molar-refractivity contribution >= 4 is 70.3 Å². The molecule has 0 spiro atoms. The number of benzene rings is 6. The van der Waals surface area contributed by atoms with E-state index in [9.17, 15) is 38.4 Å². The van der Waals surface area contributed by atoms with Crippen LogP contribution in [-0.4, -0.2) is 96.4 Å². The van der Waals surface area contributed by atoms with Crippen molar-refractivity contribution in [1.29, 1.82) is 0 Å². The molecule has 0 fully saturated rings. The summed E-state index contributed by atoms with van der Waals surface area (Å²) < 4.78 is 22.7. The second kappa shape index (κ2) is 26.5. The first-order valence-corrected chi connectivity index (χ1v) is 23.2. The van der Waals surface area contributed by atoms with Gasteiger partial charge < -0.3 is 60.6 Å². The lowest BCUT2D eigenvalue weighted by Gasteiger charge is -2.23. The highest BCUT2D eigenvalue weighted by Crippen LogP contribution is 2.42. The summed E-state index contributed by atoms with van der Waals surface area (Å²) >= 11 is 0. The standard InChI is InChI=1S/C58H50N4O16/c1-75-45-29-37(13-17-41(45)59-49(63)21-25-53(67)68)57(38-14-18-42(46(30-38)76-2)60-50(64)22-26-54(69)70)35-9-5-33(6-10-35)34-7-11-36(12-8-34)58(39-15-19-43(47(31-39)77-3)61-51(65)23-27-55(71)72)40-16-20-44(48(32-40)78-4)62-52(66)24-28-56(73)74/h5-32,57-58H,1-4H3,(H,59,63)(H,60,64)(H,61,65)(H,62,66)(H,67,68)(H,69,70)(H,71,72)(H,73,74)/b25-21+,26-22+,27-23+,28-24+. The predicted molar refractivity (Wildman–Crippen MR) is 287 cm³/mol. The molecule has 0 bridgehead atoms. The zero-order valence-electron chi connectivity index (χ0n) is 42.0. The van der Waals surface area contributed by atoms with Crippen LogP contribution in [0.15, 0.2) is 170 Å². The van der Waals surface area contributed by atoms with Crippen molar-refractivity contribution in [2.24, 2.45) is 0 Å². The van der Waals surface area contributed by atoms with E-state index in [1.807, 2.05) is 48.5 Å². The van der Waals surface area contributed by atoms with Crippen LogP contribution in [0.3, 0.4) is 0 Å².